The largest absolute Gasteiger partial charge is 0.496 e. The third-order valence-electron chi connectivity index (χ3n) is 4.67. The predicted molar refractivity (Wildman–Crippen MR) is 127 cm³/mol. The number of thioether (sulfide) groups is 1. The van der Waals surface area contributed by atoms with E-state index in [1.54, 1.807) is 54.6 Å². The van der Waals surface area contributed by atoms with Crippen molar-refractivity contribution in [2.75, 3.05) is 25.2 Å². The van der Waals surface area contributed by atoms with E-state index in [4.69, 9.17) is 15.2 Å². The number of anilines is 1. The molecular formula is C25H20N4O3S. The van der Waals surface area contributed by atoms with E-state index in [2.05, 4.69) is 17.6 Å². The molecule has 2 aromatic carbocycles. The zero-order valence-corrected chi connectivity index (χ0v) is 18.7. The van der Waals surface area contributed by atoms with Gasteiger partial charge in [0.25, 0.3) is 0 Å². The molecule has 0 aliphatic rings. The summed E-state index contributed by atoms with van der Waals surface area (Å²) in [6.07, 6.45) is 1.63. The minimum atomic E-state index is -0.184. The number of nitrogens with zero attached hydrogens (tertiary/aromatic N) is 3. The highest BCUT2D eigenvalue weighted by Crippen LogP contribution is 2.36. The number of pyridine rings is 1. The molecule has 0 atom stereocenters. The molecule has 3 aromatic rings. The highest BCUT2D eigenvalue weighted by Gasteiger charge is 2.22. The average molecular weight is 457 g/mol. The maximum Gasteiger partial charge on any atom is 0.176 e. The minimum Gasteiger partial charge on any atom is -0.496 e. The van der Waals surface area contributed by atoms with E-state index in [0.29, 0.717) is 34.8 Å². The Morgan fingerprint density at radius 1 is 1.15 bits per heavy atom. The molecular weight excluding hydrogens is 436 g/mol. The molecule has 0 fully saturated rings. The molecule has 33 heavy (non-hydrogen) atoms. The second-order valence-corrected chi connectivity index (χ2v) is 7.65. The van der Waals surface area contributed by atoms with Gasteiger partial charge in [-0.25, -0.2) is 4.98 Å². The number of aromatic nitrogens is 1. The molecule has 0 saturated carbocycles. The van der Waals surface area contributed by atoms with Gasteiger partial charge in [0, 0.05) is 5.56 Å². The molecule has 0 spiro atoms. The molecule has 0 aliphatic heterocycles. The van der Waals surface area contributed by atoms with Crippen molar-refractivity contribution in [1.82, 2.24) is 4.98 Å². The topological polar surface area (TPSA) is 122 Å². The molecule has 1 aromatic heterocycles. The zero-order chi connectivity index (χ0) is 23.8. The number of para-hydroxylation sites is 1. The summed E-state index contributed by atoms with van der Waals surface area (Å²) in [5.74, 6) is 0.911. The number of rotatable bonds is 9. The smallest absolute Gasteiger partial charge is 0.176 e. The van der Waals surface area contributed by atoms with E-state index in [9.17, 15) is 15.3 Å². The summed E-state index contributed by atoms with van der Waals surface area (Å²) in [5.41, 5.74) is 7.75. The van der Waals surface area contributed by atoms with Gasteiger partial charge in [0.05, 0.1) is 24.0 Å². The summed E-state index contributed by atoms with van der Waals surface area (Å²) in [6.45, 7) is 3.97. The second-order valence-electron chi connectivity index (χ2n) is 6.69. The fourth-order valence-electron chi connectivity index (χ4n) is 3.15. The lowest BCUT2D eigenvalue weighted by Gasteiger charge is -2.13. The van der Waals surface area contributed by atoms with E-state index < -0.39 is 0 Å². The number of hydrogen-bond donors (Lipinski definition) is 1. The Hall–Kier alpha value is -4.27. The van der Waals surface area contributed by atoms with Gasteiger partial charge in [-0.05, 0) is 29.8 Å². The summed E-state index contributed by atoms with van der Waals surface area (Å²) in [4.78, 5) is 17.0. The van der Waals surface area contributed by atoms with Gasteiger partial charge < -0.3 is 15.2 Å². The van der Waals surface area contributed by atoms with Crippen molar-refractivity contribution < 1.29 is 14.3 Å². The number of carbonyl (C=O) groups excluding carboxylic acids is 1. The number of nitrogens with two attached hydrogens (primary N) is 1. The first-order valence-corrected chi connectivity index (χ1v) is 10.8. The molecule has 0 amide bonds. The number of hydrogen-bond acceptors (Lipinski definition) is 8. The van der Waals surface area contributed by atoms with Crippen LogP contribution in [0.1, 0.15) is 21.5 Å². The van der Waals surface area contributed by atoms with Gasteiger partial charge in [0.1, 0.15) is 46.7 Å². The monoisotopic (exact) mass is 456 g/mol. The zero-order valence-electron chi connectivity index (χ0n) is 17.9. The highest BCUT2D eigenvalue weighted by atomic mass is 32.2. The molecule has 0 radical (unpaired) electrons. The van der Waals surface area contributed by atoms with Crippen molar-refractivity contribution in [2.24, 2.45) is 0 Å². The summed E-state index contributed by atoms with van der Waals surface area (Å²) >= 11 is 1.09. The molecule has 1 heterocycles. The van der Waals surface area contributed by atoms with Crippen molar-refractivity contribution in [3.63, 3.8) is 0 Å². The number of nitriles is 2. The summed E-state index contributed by atoms with van der Waals surface area (Å²) < 4.78 is 10.7. The molecule has 0 saturated heterocycles. The Morgan fingerprint density at radius 3 is 2.48 bits per heavy atom. The first-order chi connectivity index (χ1) is 16.0. The second kappa shape index (κ2) is 10.9. The van der Waals surface area contributed by atoms with Gasteiger partial charge in [-0.15, -0.1) is 0 Å². The van der Waals surface area contributed by atoms with Crippen LogP contribution in [0.5, 0.6) is 11.5 Å². The number of carbonyl (C=O) groups is 1. The third kappa shape index (κ3) is 5.15. The fourth-order valence-corrected chi connectivity index (χ4v) is 4.03. The van der Waals surface area contributed by atoms with Gasteiger partial charge >= 0.3 is 0 Å². The van der Waals surface area contributed by atoms with Crippen LogP contribution in [0.15, 0.2) is 66.2 Å². The fraction of sp³-hybridized carbons (Fsp3) is 0.120. The van der Waals surface area contributed by atoms with E-state index in [1.165, 1.54) is 7.11 Å². The lowest BCUT2D eigenvalue weighted by Crippen LogP contribution is -2.07. The average Bonchev–Trinajstić information content (AvgIpc) is 2.85. The molecule has 164 valence electrons. The van der Waals surface area contributed by atoms with E-state index in [0.717, 1.165) is 11.8 Å². The first-order valence-electron chi connectivity index (χ1n) is 9.80. The molecule has 3 rings (SSSR count). The van der Waals surface area contributed by atoms with Gasteiger partial charge in [-0.2, -0.15) is 10.5 Å². The van der Waals surface area contributed by atoms with Gasteiger partial charge in [0.15, 0.2) is 5.78 Å². The van der Waals surface area contributed by atoms with Crippen molar-refractivity contribution in [3.05, 3.63) is 77.9 Å². The van der Waals surface area contributed by atoms with E-state index >= 15 is 0 Å². The minimum absolute atomic E-state index is 0.00859. The number of nitrogen functional groups attached to an aromatic ring is 1. The van der Waals surface area contributed by atoms with Crippen LogP contribution < -0.4 is 15.2 Å². The Morgan fingerprint density at radius 2 is 1.85 bits per heavy atom. The van der Waals surface area contributed by atoms with Crippen LogP contribution in [-0.4, -0.2) is 30.2 Å². The van der Waals surface area contributed by atoms with Crippen LogP contribution in [0.3, 0.4) is 0 Å². The lowest BCUT2D eigenvalue weighted by molar-refractivity contribution is 0.101. The van der Waals surface area contributed by atoms with Gasteiger partial charge in [0.2, 0.25) is 0 Å². The van der Waals surface area contributed by atoms with Crippen LogP contribution in [0.2, 0.25) is 0 Å². The third-order valence-corrected chi connectivity index (χ3v) is 5.65. The molecule has 8 heteroatoms. The molecule has 0 aliphatic carbocycles. The lowest BCUT2D eigenvalue weighted by atomic mass is 9.97. The number of ketones is 1. The predicted octanol–water partition coefficient (Wildman–Crippen LogP) is 4.62. The van der Waals surface area contributed by atoms with Crippen molar-refractivity contribution in [1.29, 1.82) is 10.5 Å². The highest BCUT2D eigenvalue weighted by molar-refractivity contribution is 8.00. The number of benzene rings is 2. The van der Waals surface area contributed by atoms with Crippen molar-refractivity contribution >= 4 is 23.4 Å². The summed E-state index contributed by atoms with van der Waals surface area (Å²) in [6, 6.07) is 18.0. The maximum absolute atomic E-state index is 12.8. The molecule has 0 unspecified atom stereocenters. The Kier molecular flexibility index (Phi) is 7.69. The quantitative estimate of drug-likeness (QED) is 0.281. The standard InChI is InChI=1S/C25H20N4O3S/c1-3-12-32-17-10-8-16(9-11-17)23-19(13-26)24(28)29-25(20(23)14-27)33-15-21(30)18-6-4-5-7-22(18)31-2/h3-11H,1,12,15H2,2H3,(H2,28,29). The number of methoxy groups -OCH3 is 1. The first kappa shape index (κ1) is 23.4. The maximum atomic E-state index is 12.8. The van der Waals surface area contributed by atoms with Crippen molar-refractivity contribution in [3.8, 4) is 34.8 Å². The van der Waals surface area contributed by atoms with Gasteiger partial charge in [-0.1, -0.05) is 48.7 Å². The van der Waals surface area contributed by atoms with Gasteiger partial charge in [-0.3, -0.25) is 4.79 Å². The summed E-state index contributed by atoms with van der Waals surface area (Å²) in [5, 5.41) is 19.9. The van der Waals surface area contributed by atoms with Crippen molar-refractivity contribution in [2.45, 2.75) is 5.03 Å². The van der Waals surface area contributed by atoms with Crippen LogP contribution in [0.4, 0.5) is 5.82 Å². The van der Waals surface area contributed by atoms with Crippen LogP contribution in [-0.2, 0) is 0 Å². The van der Waals surface area contributed by atoms with Crippen LogP contribution >= 0.6 is 11.8 Å². The Bertz CT molecular complexity index is 1270. The van der Waals surface area contributed by atoms with E-state index in [-0.39, 0.29) is 33.5 Å². The van der Waals surface area contributed by atoms with Crippen LogP contribution in [0, 0.1) is 22.7 Å². The number of Topliss-reactive ketones (excluding diaryl/α,β-unsaturated/α-hetero) is 1. The molecule has 0 bridgehead atoms. The number of ether oxygens (including phenoxy) is 2. The summed E-state index contributed by atoms with van der Waals surface area (Å²) in [7, 11) is 1.50. The Labute approximate surface area is 196 Å². The SMILES string of the molecule is C=CCOc1ccc(-c2c(C#N)c(N)nc(SCC(=O)c3ccccc3OC)c2C#N)cc1. The van der Waals surface area contributed by atoms with Crippen LogP contribution in [0.25, 0.3) is 11.1 Å². The van der Waals surface area contributed by atoms with E-state index in [1.807, 2.05) is 6.07 Å². The molecule has 2 N–H and O–H groups in total. The normalized spacial score (nSPS) is 10.0. The Balaban J connectivity index is 1.98. The molecule has 7 nitrogen and oxygen atoms in total.